The normalized spacial score (nSPS) is 10.7. The van der Waals surface area contributed by atoms with Crippen LogP contribution in [0, 0.1) is 17.5 Å². The second-order valence-corrected chi connectivity index (χ2v) is 3.99. The van der Waals surface area contributed by atoms with Crippen molar-refractivity contribution >= 4 is 11.6 Å². The third kappa shape index (κ3) is 2.46. The number of halogens is 4. The van der Waals surface area contributed by atoms with Crippen molar-refractivity contribution in [2.24, 2.45) is 0 Å². The Labute approximate surface area is 106 Å². The fourth-order valence-corrected chi connectivity index (χ4v) is 1.68. The van der Waals surface area contributed by atoms with E-state index in [-0.39, 0.29) is 16.4 Å². The average Bonchev–Trinajstić information content (AvgIpc) is 2.34. The van der Waals surface area contributed by atoms with Crippen molar-refractivity contribution in [2.75, 3.05) is 0 Å². The molecule has 0 aliphatic rings. The summed E-state index contributed by atoms with van der Waals surface area (Å²) in [5.41, 5.74) is 0.370. The fraction of sp³-hybridized carbons (Fsp3) is 0.167. The van der Waals surface area contributed by atoms with E-state index < -0.39 is 17.5 Å². The minimum absolute atomic E-state index is 0.116. The molecule has 0 unspecified atom stereocenters. The van der Waals surface area contributed by atoms with Crippen molar-refractivity contribution in [1.82, 2.24) is 9.97 Å². The minimum Gasteiger partial charge on any atom is -0.233 e. The van der Waals surface area contributed by atoms with E-state index >= 15 is 0 Å². The number of aromatic nitrogens is 2. The van der Waals surface area contributed by atoms with Gasteiger partial charge in [-0.15, -0.1) is 0 Å². The third-order valence-electron chi connectivity index (χ3n) is 2.34. The lowest BCUT2D eigenvalue weighted by Gasteiger charge is -2.05. The van der Waals surface area contributed by atoms with E-state index in [1.54, 1.807) is 0 Å². The molecule has 1 aromatic heterocycles. The molecule has 0 saturated carbocycles. The summed E-state index contributed by atoms with van der Waals surface area (Å²) in [5.74, 6) is -3.59. The lowest BCUT2D eigenvalue weighted by Crippen LogP contribution is -1.98. The van der Waals surface area contributed by atoms with Gasteiger partial charge < -0.3 is 0 Å². The zero-order valence-corrected chi connectivity index (χ0v) is 10.1. The summed E-state index contributed by atoms with van der Waals surface area (Å²) in [6.45, 7) is 1.82. The molecule has 0 N–H and O–H groups in total. The van der Waals surface area contributed by atoms with Gasteiger partial charge in [-0.1, -0.05) is 18.5 Å². The maximum Gasteiger partial charge on any atom is 0.194 e. The van der Waals surface area contributed by atoms with Crippen molar-refractivity contribution in [3.8, 4) is 11.3 Å². The van der Waals surface area contributed by atoms with Crippen molar-refractivity contribution in [3.05, 3.63) is 46.6 Å². The summed E-state index contributed by atoms with van der Waals surface area (Å²) >= 11 is 5.78. The molecule has 0 radical (unpaired) electrons. The van der Waals surface area contributed by atoms with Crippen LogP contribution in [0.4, 0.5) is 13.2 Å². The van der Waals surface area contributed by atoms with Gasteiger partial charge in [-0.25, -0.2) is 23.1 Å². The molecule has 0 fully saturated rings. The second kappa shape index (κ2) is 4.94. The Hall–Kier alpha value is -1.62. The summed E-state index contributed by atoms with van der Waals surface area (Å²) < 4.78 is 39.1. The van der Waals surface area contributed by atoms with Crippen LogP contribution in [-0.2, 0) is 6.42 Å². The first-order valence-corrected chi connectivity index (χ1v) is 5.57. The molecule has 0 bridgehead atoms. The summed E-state index contributed by atoms with van der Waals surface area (Å²) in [6.07, 6.45) is 0.527. The summed E-state index contributed by atoms with van der Waals surface area (Å²) in [6, 6.07) is 3.11. The molecule has 1 aromatic carbocycles. The molecule has 0 aliphatic carbocycles. The molecule has 0 aliphatic heterocycles. The average molecular weight is 273 g/mol. The number of hydrogen-bond donors (Lipinski definition) is 0. The minimum atomic E-state index is -1.50. The summed E-state index contributed by atoms with van der Waals surface area (Å²) in [7, 11) is 0. The van der Waals surface area contributed by atoms with Gasteiger partial charge in [-0.05, 0) is 12.1 Å². The molecule has 2 nitrogen and oxygen atoms in total. The number of hydrogen-bond acceptors (Lipinski definition) is 2. The highest BCUT2D eigenvalue weighted by atomic mass is 35.5. The maximum atomic E-state index is 13.1. The lowest BCUT2D eigenvalue weighted by molar-refractivity contribution is 0.447. The molecule has 6 heteroatoms. The molecule has 0 saturated heterocycles. The van der Waals surface area contributed by atoms with Crippen LogP contribution in [-0.4, -0.2) is 9.97 Å². The second-order valence-electron chi connectivity index (χ2n) is 3.60. The summed E-state index contributed by atoms with van der Waals surface area (Å²) in [4.78, 5) is 8.02. The molecule has 2 aromatic rings. The SMILES string of the molecule is CCc1nc(Cl)cc(-c2cc(F)c(F)c(F)c2)n1. The van der Waals surface area contributed by atoms with Crippen molar-refractivity contribution in [1.29, 1.82) is 0 Å². The van der Waals surface area contributed by atoms with Crippen molar-refractivity contribution in [3.63, 3.8) is 0 Å². The van der Waals surface area contributed by atoms with Crippen LogP contribution in [0.3, 0.4) is 0 Å². The van der Waals surface area contributed by atoms with E-state index in [2.05, 4.69) is 9.97 Å². The molecular weight excluding hydrogens is 265 g/mol. The van der Waals surface area contributed by atoms with Crippen LogP contribution in [0.5, 0.6) is 0 Å². The summed E-state index contributed by atoms with van der Waals surface area (Å²) in [5, 5.41) is 0.169. The first kappa shape index (κ1) is 12.8. The fourth-order valence-electron chi connectivity index (χ4n) is 1.47. The molecule has 0 spiro atoms. The van der Waals surface area contributed by atoms with Crippen LogP contribution in [0.25, 0.3) is 11.3 Å². The monoisotopic (exact) mass is 272 g/mol. The van der Waals surface area contributed by atoms with Gasteiger partial charge in [0.15, 0.2) is 17.5 Å². The van der Waals surface area contributed by atoms with Gasteiger partial charge in [0, 0.05) is 18.1 Å². The molecule has 1 heterocycles. The maximum absolute atomic E-state index is 13.1. The van der Waals surface area contributed by atoms with Crippen molar-refractivity contribution < 1.29 is 13.2 Å². The highest BCUT2D eigenvalue weighted by Gasteiger charge is 2.13. The van der Waals surface area contributed by atoms with E-state index in [9.17, 15) is 13.2 Å². The zero-order chi connectivity index (χ0) is 13.3. The Bertz CT molecular complexity index is 579. The van der Waals surface area contributed by atoms with E-state index in [4.69, 9.17) is 11.6 Å². The Kier molecular flexibility index (Phi) is 3.52. The molecule has 0 amide bonds. The zero-order valence-electron chi connectivity index (χ0n) is 9.35. The van der Waals surface area contributed by atoms with Gasteiger partial charge in [0.05, 0.1) is 5.69 Å². The largest absolute Gasteiger partial charge is 0.233 e. The van der Waals surface area contributed by atoms with Crippen LogP contribution >= 0.6 is 11.6 Å². The van der Waals surface area contributed by atoms with Gasteiger partial charge in [-0.2, -0.15) is 0 Å². The van der Waals surface area contributed by atoms with E-state index in [1.165, 1.54) is 6.07 Å². The molecule has 2 rings (SSSR count). The van der Waals surface area contributed by atoms with Gasteiger partial charge in [-0.3, -0.25) is 0 Å². The van der Waals surface area contributed by atoms with E-state index in [0.29, 0.717) is 12.2 Å². The smallest absolute Gasteiger partial charge is 0.194 e. The molecule has 0 atom stereocenters. The van der Waals surface area contributed by atoms with Crippen LogP contribution in [0.15, 0.2) is 18.2 Å². The van der Waals surface area contributed by atoms with Crippen LogP contribution in [0.2, 0.25) is 5.15 Å². The highest BCUT2D eigenvalue weighted by Crippen LogP contribution is 2.24. The van der Waals surface area contributed by atoms with Gasteiger partial charge in [0.1, 0.15) is 11.0 Å². The number of benzene rings is 1. The van der Waals surface area contributed by atoms with Crippen LogP contribution < -0.4 is 0 Å². The molecule has 18 heavy (non-hydrogen) atoms. The van der Waals surface area contributed by atoms with E-state index in [1.807, 2.05) is 6.92 Å². The molecular formula is C12H8ClF3N2. The Morgan fingerprint density at radius 2 is 1.67 bits per heavy atom. The standard InChI is InChI=1S/C12H8ClF3N2/c1-2-11-17-9(5-10(13)18-11)6-3-7(14)12(16)8(15)4-6/h3-5H,2H2,1H3. The third-order valence-corrected chi connectivity index (χ3v) is 2.53. The first-order valence-electron chi connectivity index (χ1n) is 5.19. The Morgan fingerprint density at radius 1 is 1.06 bits per heavy atom. The predicted molar refractivity (Wildman–Crippen MR) is 61.7 cm³/mol. The van der Waals surface area contributed by atoms with Crippen LogP contribution in [0.1, 0.15) is 12.7 Å². The topological polar surface area (TPSA) is 25.8 Å². The molecule has 94 valence electrons. The first-order chi connectivity index (χ1) is 8.51. The number of aryl methyl sites for hydroxylation is 1. The number of rotatable bonds is 2. The quantitative estimate of drug-likeness (QED) is 0.614. The lowest BCUT2D eigenvalue weighted by atomic mass is 10.1. The van der Waals surface area contributed by atoms with Crippen molar-refractivity contribution in [2.45, 2.75) is 13.3 Å². The van der Waals surface area contributed by atoms with Gasteiger partial charge >= 0.3 is 0 Å². The highest BCUT2D eigenvalue weighted by molar-refractivity contribution is 6.29. The van der Waals surface area contributed by atoms with Gasteiger partial charge in [0.25, 0.3) is 0 Å². The van der Waals surface area contributed by atoms with E-state index in [0.717, 1.165) is 12.1 Å². The predicted octanol–water partition coefficient (Wildman–Crippen LogP) is 3.78. The van der Waals surface area contributed by atoms with Gasteiger partial charge in [0.2, 0.25) is 0 Å². The Balaban J connectivity index is 2.58. The Morgan fingerprint density at radius 3 is 2.22 bits per heavy atom. The number of nitrogens with zero attached hydrogens (tertiary/aromatic N) is 2.